The van der Waals surface area contributed by atoms with Crippen molar-refractivity contribution in [2.24, 2.45) is 17.8 Å². The van der Waals surface area contributed by atoms with Crippen molar-refractivity contribution in [1.82, 2.24) is 20.1 Å². The number of benzene rings is 1. The largest absolute Gasteiger partial charge is 0.496 e. The molecule has 2 aliphatic rings. The van der Waals surface area contributed by atoms with Crippen molar-refractivity contribution in [2.75, 3.05) is 7.11 Å². The molecule has 162 valence electrons. The summed E-state index contributed by atoms with van der Waals surface area (Å²) in [6.07, 6.45) is 5.36. The van der Waals surface area contributed by atoms with Crippen molar-refractivity contribution in [3.63, 3.8) is 0 Å². The van der Waals surface area contributed by atoms with E-state index < -0.39 is 0 Å². The van der Waals surface area contributed by atoms with Gasteiger partial charge in [-0.05, 0) is 69.9 Å². The van der Waals surface area contributed by atoms with Gasteiger partial charge in [-0.2, -0.15) is 0 Å². The summed E-state index contributed by atoms with van der Waals surface area (Å²) in [4.78, 5) is 12.9. The summed E-state index contributed by atoms with van der Waals surface area (Å²) in [7, 11) is 1.66. The van der Waals surface area contributed by atoms with E-state index in [0.29, 0.717) is 5.92 Å². The van der Waals surface area contributed by atoms with Gasteiger partial charge in [0.05, 0.1) is 17.9 Å². The lowest BCUT2D eigenvalue weighted by Crippen LogP contribution is -2.43. The first-order valence-electron chi connectivity index (χ1n) is 11.0. The molecule has 1 N–H and O–H groups in total. The number of methoxy groups -OCH3 is 1. The van der Waals surface area contributed by atoms with Gasteiger partial charge in [0, 0.05) is 12.6 Å². The first kappa shape index (κ1) is 21.2. The highest BCUT2D eigenvalue weighted by molar-refractivity contribution is 8.00. The Morgan fingerprint density at radius 2 is 2.07 bits per heavy atom. The number of para-hydroxylation sites is 1. The minimum absolute atomic E-state index is 0.0831. The second-order valence-corrected chi connectivity index (χ2v) is 9.95. The molecule has 1 amide bonds. The highest BCUT2D eigenvalue weighted by atomic mass is 32.2. The number of carbonyl (C=O) groups excluding carboxylic acids is 1. The molecule has 4 rings (SSSR count). The maximum atomic E-state index is 12.9. The van der Waals surface area contributed by atoms with Gasteiger partial charge in [-0.25, -0.2) is 0 Å². The molecule has 0 spiro atoms. The Bertz CT molecular complexity index is 899. The topological polar surface area (TPSA) is 69.0 Å². The third-order valence-corrected chi connectivity index (χ3v) is 7.92. The highest BCUT2D eigenvalue weighted by Gasteiger charge is 2.42. The Morgan fingerprint density at radius 1 is 1.27 bits per heavy atom. The maximum absolute atomic E-state index is 12.9. The molecule has 2 bridgehead atoms. The van der Waals surface area contributed by atoms with E-state index in [1.54, 1.807) is 7.11 Å². The van der Waals surface area contributed by atoms with Crippen LogP contribution in [-0.2, 0) is 11.3 Å². The van der Waals surface area contributed by atoms with E-state index in [2.05, 4.69) is 29.4 Å². The molecular weight excluding hydrogens is 396 g/mol. The lowest BCUT2D eigenvalue weighted by molar-refractivity contribution is -0.121. The van der Waals surface area contributed by atoms with Gasteiger partial charge in [0.25, 0.3) is 0 Å². The van der Waals surface area contributed by atoms with Crippen LogP contribution in [0.25, 0.3) is 11.4 Å². The summed E-state index contributed by atoms with van der Waals surface area (Å²) in [6.45, 7) is 6.91. The monoisotopic (exact) mass is 428 g/mol. The third kappa shape index (κ3) is 4.09. The quantitative estimate of drug-likeness (QED) is 0.631. The number of fused-ring (bicyclic) bond motifs is 2. The summed E-state index contributed by atoms with van der Waals surface area (Å²) in [6, 6.07) is 8.05. The molecule has 7 heteroatoms. The van der Waals surface area contributed by atoms with E-state index in [1.807, 2.05) is 35.8 Å². The van der Waals surface area contributed by atoms with E-state index in [-0.39, 0.29) is 17.2 Å². The Labute approximate surface area is 183 Å². The zero-order valence-corrected chi connectivity index (χ0v) is 19.1. The fourth-order valence-electron chi connectivity index (χ4n) is 5.26. The molecule has 2 aliphatic carbocycles. The average molecular weight is 429 g/mol. The Kier molecular flexibility index (Phi) is 6.37. The van der Waals surface area contributed by atoms with Crippen LogP contribution in [0.1, 0.15) is 46.5 Å². The van der Waals surface area contributed by atoms with Gasteiger partial charge in [0.15, 0.2) is 11.0 Å². The van der Waals surface area contributed by atoms with Gasteiger partial charge in [-0.3, -0.25) is 4.79 Å². The number of thioether (sulfide) groups is 1. The van der Waals surface area contributed by atoms with Gasteiger partial charge in [0.2, 0.25) is 5.91 Å². The molecule has 2 aromatic rings. The van der Waals surface area contributed by atoms with Gasteiger partial charge in [0.1, 0.15) is 5.75 Å². The Morgan fingerprint density at radius 3 is 2.73 bits per heavy atom. The zero-order chi connectivity index (χ0) is 21.3. The van der Waals surface area contributed by atoms with E-state index in [4.69, 9.17) is 4.74 Å². The average Bonchev–Trinajstić information content (AvgIpc) is 3.49. The first-order chi connectivity index (χ1) is 14.5. The lowest BCUT2D eigenvalue weighted by Gasteiger charge is -2.29. The number of aromatic nitrogens is 3. The van der Waals surface area contributed by atoms with E-state index in [0.717, 1.165) is 40.7 Å². The minimum Gasteiger partial charge on any atom is -0.496 e. The van der Waals surface area contributed by atoms with Crippen LogP contribution < -0.4 is 10.1 Å². The molecule has 1 heterocycles. The van der Waals surface area contributed by atoms with Crippen molar-refractivity contribution >= 4 is 17.7 Å². The zero-order valence-electron chi connectivity index (χ0n) is 18.3. The van der Waals surface area contributed by atoms with Crippen LogP contribution in [0.15, 0.2) is 29.4 Å². The normalized spacial score (nSPS) is 24.6. The molecule has 0 saturated heterocycles. The van der Waals surface area contributed by atoms with Gasteiger partial charge in [-0.15, -0.1) is 10.2 Å². The van der Waals surface area contributed by atoms with E-state index in [1.165, 1.54) is 37.4 Å². The van der Waals surface area contributed by atoms with Crippen molar-refractivity contribution in [3.8, 4) is 17.1 Å². The van der Waals surface area contributed by atoms with Gasteiger partial charge >= 0.3 is 0 Å². The summed E-state index contributed by atoms with van der Waals surface area (Å²) in [5.41, 5.74) is 0.906. The lowest BCUT2D eigenvalue weighted by atomic mass is 9.84. The predicted octanol–water partition coefficient (Wildman–Crippen LogP) is 4.40. The smallest absolute Gasteiger partial charge is 0.233 e. The van der Waals surface area contributed by atoms with Crippen LogP contribution >= 0.6 is 11.8 Å². The first-order valence-corrected chi connectivity index (χ1v) is 11.9. The molecule has 0 unspecified atom stereocenters. The van der Waals surface area contributed by atoms with Crippen molar-refractivity contribution in [1.29, 1.82) is 0 Å². The number of nitrogens with zero attached hydrogens (tertiary/aromatic N) is 3. The number of ether oxygens (including phenoxy) is 1. The number of nitrogens with one attached hydrogen (secondary N) is 1. The molecule has 1 aromatic carbocycles. The molecule has 6 nitrogen and oxygen atoms in total. The van der Waals surface area contributed by atoms with Gasteiger partial charge < -0.3 is 14.6 Å². The van der Waals surface area contributed by atoms with Crippen LogP contribution in [0.2, 0.25) is 0 Å². The summed E-state index contributed by atoms with van der Waals surface area (Å²) >= 11 is 1.47. The number of carbonyl (C=O) groups is 1. The summed E-state index contributed by atoms with van der Waals surface area (Å²) in [5.74, 6) is 3.95. The van der Waals surface area contributed by atoms with E-state index in [9.17, 15) is 4.79 Å². The number of amides is 1. The van der Waals surface area contributed by atoms with Crippen LogP contribution in [0, 0.1) is 17.8 Å². The Hall–Kier alpha value is -2.02. The van der Waals surface area contributed by atoms with Crippen molar-refractivity contribution in [3.05, 3.63) is 24.3 Å². The summed E-state index contributed by atoms with van der Waals surface area (Å²) in [5, 5.41) is 12.6. The fourth-order valence-corrected chi connectivity index (χ4v) is 6.18. The third-order valence-electron chi connectivity index (χ3n) is 6.84. The predicted molar refractivity (Wildman–Crippen MR) is 120 cm³/mol. The maximum Gasteiger partial charge on any atom is 0.233 e. The SMILES string of the molecule is CCn1c(S[C@H](C)C(=O)N[C@@H](C)[C@@H]2C[C@@H]3CC[C@@H]2C3)nnc1-c1ccccc1OC. The molecule has 1 aromatic heterocycles. The number of hydrogen-bond acceptors (Lipinski definition) is 5. The van der Waals surface area contributed by atoms with Gasteiger partial charge in [-0.1, -0.05) is 30.3 Å². The van der Waals surface area contributed by atoms with Crippen LogP contribution in [0.4, 0.5) is 0 Å². The molecule has 0 aliphatic heterocycles. The Balaban J connectivity index is 1.43. The molecule has 5 atom stereocenters. The standard InChI is InChI=1S/C23H32N4O2S/c1-5-27-21(18-8-6-7-9-20(18)29-4)25-26-23(27)30-15(3)22(28)24-14(2)19-13-16-10-11-17(19)12-16/h6-9,14-17,19H,5,10-13H2,1-4H3,(H,24,28)/t14-,15+,16+,17+,19-/m0/s1. The highest BCUT2D eigenvalue weighted by Crippen LogP contribution is 2.49. The molecule has 30 heavy (non-hydrogen) atoms. The molecule has 2 fully saturated rings. The molecule has 2 saturated carbocycles. The van der Waals surface area contributed by atoms with Crippen molar-refractivity contribution < 1.29 is 9.53 Å². The second-order valence-electron chi connectivity index (χ2n) is 8.65. The van der Waals surface area contributed by atoms with Crippen LogP contribution in [0.3, 0.4) is 0 Å². The van der Waals surface area contributed by atoms with Crippen molar-refractivity contribution in [2.45, 2.75) is 69.4 Å². The molecular formula is C23H32N4O2S. The number of rotatable bonds is 8. The number of hydrogen-bond donors (Lipinski definition) is 1. The van der Waals surface area contributed by atoms with Crippen LogP contribution in [0.5, 0.6) is 5.75 Å². The summed E-state index contributed by atoms with van der Waals surface area (Å²) < 4.78 is 7.54. The van der Waals surface area contributed by atoms with Crippen LogP contribution in [-0.4, -0.2) is 39.1 Å². The second kappa shape index (κ2) is 9.00. The van der Waals surface area contributed by atoms with E-state index >= 15 is 0 Å². The minimum atomic E-state index is -0.231. The molecule has 0 radical (unpaired) electrons. The fraction of sp³-hybridized carbons (Fsp3) is 0.609.